The molecule has 1 aromatic carbocycles. The highest BCUT2D eigenvalue weighted by atomic mass is 15.2. The number of hydrogen-bond donors (Lipinski definition) is 1. The quantitative estimate of drug-likeness (QED) is 0.907. The number of hydrogen-bond acceptors (Lipinski definition) is 3. The Labute approximate surface area is 120 Å². The number of anilines is 1. The van der Waals surface area contributed by atoms with Crippen LogP contribution in [0.4, 0.5) is 5.82 Å². The Bertz CT molecular complexity index is 594. The molecule has 2 aromatic rings. The molecule has 1 aromatic heterocycles. The van der Waals surface area contributed by atoms with Gasteiger partial charge in [-0.1, -0.05) is 31.0 Å². The summed E-state index contributed by atoms with van der Waals surface area (Å²) in [5.41, 5.74) is 8.19. The summed E-state index contributed by atoms with van der Waals surface area (Å²) >= 11 is 0. The number of fused-ring (bicyclic) bond motifs is 1. The van der Waals surface area contributed by atoms with E-state index in [1.165, 1.54) is 36.6 Å². The highest BCUT2D eigenvalue weighted by Gasteiger charge is 2.19. The molecule has 1 unspecified atom stereocenters. The molecule has 1 fully saturated rings. The van der Waals surface area contributed by atoms with E-state index in [-0.39, 0.29) is 0 Å². The maximum absolute atomic E-state index is 5.93. The SMILES string of the molecule is CC1CCCCCN1c1cc(CN)c2ccccc2n1. The summed E-state index contributed by atoms with van der Waals surface area (Å²) in [5, 5.41) is 1.18. The topological polar surface area (TPSA) is 42.1 Å². The first-order chi connectivity index (χ1) is 9.79. The summed E-state index contributed by atoms with van der Waals surface area (Å²) in [6.07, 6.45) is 5.18. The number of nitrogens with zero attached hydrogens (tertiary/aromatic N) is 2. The minimum absolute atomic E-state index is 0.566. The lowest BCUT2D eigenvalue weighted by Gasteiger charge is -2.29. The average molecular weight is 269 g/mol. The van der Waals surface area contributed by atoms with Crippen LogP contribution in [0.15, 0.2) is 30.3 Å². The molecule has 3 heteroatoms. The fourth-order valence-corrected chi connectivity index (χ4v) is 3.16. The van der Waals surface area contributed by atoms with Crippen LogP contribution in [0.5, 0.6) is 0 Å². The van der Waals surface area contributed by atoms with Crippen LogP contribution in [0.2, 0.25) is 0 Å². The number of aromatic nitrogens is 1. The zero-order valence-electron chi connectivity index (χ0n) is 12.2. The van der Waals surface area contributed by atoms with E-state index >= 15 is 0 Å². The molecule has 0 aliphatic carbocycles. The van der Waals surface area contributed by atoms with Crippen molar-refractivity contribution in [3.05, 3.63) is 35.9 Å². The summed E-state index contributed by atoms with van der Waals surface area (Å²) in [7, 11) is 0. The fraction of sp³-hybridized carbons (Fsp3) is 0.471. The molecule has 2 N–H and O–H groups in total. The molecular weight excluding hydrogens is 246 g/mol. The van der Waals surface area contributed by atoms with Crippen LogP contribution in [0.1, 0.15) is 38.2 Å². The van der Waals surface area contributed by atoms with Gasteiger partial charge in [0.2, 0.25) is 0 Å². The number of nitrogens with two attached hydrogens (primary N) is 1. The van der Waals surface area contributed by atoms with Crippen molar-refractivity contribution in [2.75, 3.05) is 11.4 Å². The first kappa shape index (κ1) is 13.4. The molecule has 20 heavy (non-hydrogen) atoms. The normalized spacial score (nSPS) is 20.1. The smallest absolute Gasteiger partial charge is 0.129 e. The van der Waals surface area contributed by atoms with Crippen molar-refractivity contribution in [3.63, 3.8) is 0 Å². The van der Waals surface area contributed by atoms with Crippen molar-refractivity contribution in [1.29, 1.82) is 0 Å². The lowest BCUT2D eigenvalue weighted by Crippen LogP contribution is -2.33. The Morgan fingerprint density at radius 3 is 2.95 bits per heavy atom. The minimum Gasteiger partial charge on any atom is -0.354 e. The van der Waals surface area contributed by atoms with Gasteiger partial charge in [0.25, 0.3) is 0 Å². The van der Waals surface area contributed by atoms with Crippen molar-refractivity contribution in [2.24, 2.45) is 5.73 Å². The maximum Gasteiger partial charge on any atom is 0.129 e. The van der Waals surface area contributed by atoms with E-state index in [0.717, 1.165) is 17.9 Å². The Kier molecular flexibility index (Phi) is 3.88. The standard InChI is InChI=1S/C17H23N3/c1-13-7-3-2-6-10-20(13)17-11-14(12-18)15-8-4-5-9-16(15)19-17/h4-5,8-9,11,13H,2-3,6-7,10,12,18H2,1H3. The van der Waals surface area contributed by atoms with E-state index in [1.54, 1.807) is 0 Å². The monoisotopic (exact) mass is 269 g/mol. The zero-order chi connectivity index (χ0) is 13.9. The highest BCUT2D eigenvalue weighted by Crippen LogP contribution is 2.27. The summed E-state index contributed by atoms with van der Waals surface area (Å²) in [5.74, 6) is 1.10. The molecule has 0 bridgehead atoms. The molecule has 1 aliphatic heterocycles. The second-order valence-corrected chi connectivity index (χ2v) is 5.75. The first-order valence-electron chi connectivity index (χ1n) is 7.65. The Morgan fingerprint density at radius 2 is 2.10 bits per heavy atom. The van der Waals surface area contributed by atoms with Crippen LogP contribution < -0.4 is 10.6 Å². The van der Waals surface area contributed by atoms with Crippen molar-refractivity contribution in [1.82, 2.24) is 4.98 Å². The predicted molar refractivity (Wildman–Crippen MR) is 84.9 cm³/mol. The zero-order valence-corrected chi connectivity index (χ0v) is 12.2. The molecule has 1 atom stereocenters. The number of pyridine rings is 1. The van der Waals surface area contributed by atoms with Crippen molar-refractivity contribution >= 4 is 16.7 Å². The number of para-hydroxylation sites is 1. The third-order valence-electron chi connectivity index (χ3n) is 4.36. The minimum atomic E-state index is 0.566. The molecule has 2 heterocycles. The van der Waals surface area contributed by atoms with E-state index in [2.05, 4.69) is 36.1 Å². The number of rotatable bonds is 2. The van der Waals surface area contributed by atoms with Gasteiger partial charge in [0, 0.05) is 24.5 Å². The maximum atomic E-state index is 5.93. The second-order valence-electron chi connectivity index (χ2n) is 5.75. The van der Waals surface area contributed by atoms with Gasteiger partial charge in [-0.15, -0.1) is 0 Å². The molecule has 3 nitrogen and oxygen atoms in total. The van der Waals surface area contributed by atoms with Crippen LogP contribution in [0.3, 0.4) is 0 Å². The van der Waals surface area contributed by atoms with Gasteiger partial charge in [-0.2, -0.15) is 0 Å². The molecule has 0 amide bonds. The van der Waals surface area contributed by atoms with Gasteiger partial charge in [0.15, 0.2) is 0 Å². The van der Waals surface area contributed by atoms with Crippen LogP contribution in [-0.4, -0.2) is 17.6 Å². The van der Waals surface area contributed by atoms with Crippen LogP contribution in [0, 0.1) is 0 Å². The summed E-state index contributed by atoms with van der Waals surface area (Å²) < 4.78 is 0. The van der Waals surface area contributed by atoms with Crippen molar-refractivity contribution in [3.8, 4) is 0 Å². The van der Waals surface area contributed by atoms with E-state index < -0.39 is 0 Å². The molecule has 0 saturated carbocycles. The predicted octanol–water partition coefficient (Wildman–Crippen LogP) is 3.46. The number of benzene rings is 1. The first-order valence-corrected chi connectivity index (χ1v) is 7.65. The average Bonchev–Trinajstić information content (AvgIpc) is 2.70. The summed E-state index contributed by atoms with van der Waals surface area (Å²) in [4.78, 5) is 7.33. The van der Waals surface area contributed by atoms with E-state index in [0.29, 0.717) is 12.6 Å². The van der Waals surface area contributed by atoms with Gasteiger partial charge < -0.3 is 10.6 Å². The summed E-state index contributed by atoms with van der Waals surface area (Å²) in [6.45, 7) is 3.99. The Morgan fingerprint density at radius 1 is 1.25 bits per heavy atom. The molecule has 1 aliphatic rings. The van der Waals surface area contributed by atoms with Gasteiger partial charge in [-0.3, -0.25) is 0 Å². The third-order valence-corrected chi connectivity index (χ3v) is 4.36. The third kappa shape index (κ3) is 2.50. The van der Waals surface area contributed by atoms with Crippen LogP contribution >= 0.6 is 0 Å². The van der Waals surface area contributed by atoms with Gasteiger partial charge in [0.1, 0.15) is 5.82 Å². The molecule has 0 spiro atoms. The van der Waals surface area contributed by atoms with Gasteiger partial charge in [-0.05, 0) is 37.5 Å². The van der Waals surface area contributed by atoms with Crippen LogP contribution in [0.25, 0.3) is 10.9 Å². The lowest BCUT2D eigenvalue weighted by molar-refractivity contribution is 0.611. The van der Waals surface area contributed by atoms with E-state index in [9.17, 15) is 0 Å². The molecule has 0 radical (unpaired) electrons. The Hall–Kier alpha value is -1.61. The molecular formula is C17H23N3. The largest absolute Gasteiger partial charge is 0.354 e. The van der Waals surface area contributed by atoms with Crippen molar-refractivity contribution in [2.45, 2.75) is 45.2 Å². The highest BCUT2D eigenvalue weighted by molar-refractivity contribution is 5.84. The molecule has 106 valence electrons. The van der Waals surface area contributed by atoms with Gasteiger partial charge >= 0.3 is 0 Å². The van der Waals surface area contributed by atoms with E-state index in [1.807, 2.05) is 6.07 Å². The van der Waals surface area contributed by atoms with Crippen LogP contribution in [-0.2, 0) is 6.54 Å². The van der Waals surface area contributed by atoms with Gasteiger partial charge in [-0.25, -0.2) is 4.98 Å². The summed E-state index contributed by atoms with van der Waals surface area (Å²) in [6, 6.07) is 11.0. The van der Waals surface area contributed by atoms with Crippen molar-refractivity contribution < 1.29 is 0 Å². The van der Waals surface area contributed by atoms with E-state index in [4.69, 9.17) is 10.7 Å². The Balaban J connectivity index is 2.06. The van der Waals surface area contributed by atoms with Gasteiger partial charge in [0.05, 0.1) is 5.52 Å². The second kappa shape index (κ2) is 5.80. The fourth-order valence-electron chi connectivity index (χ4n) is 3.16. The molecule has 3 rings (SSSR count). The molecule has 1 saturated heterocycles. The lowest BCUT2D eigenvalue weighted by atomic mass is 10.1.